The molecule has 3 rings (SSSR count). The summed E-state index contributed by atoms with van der Waals surface area (Å²) in [5.74, 6) is 0.756. The maximum atomic E-state index is 4.70. The largest absolute Gasteiger partial charge is 0.259 e. The van der Waals surface area contributed by atoms with Gasteiger partial charge < -0.3 is 0 Å². The molecule has 24 heavy (non-hydrogen) atoms. The number of fused-ring (bicyclic) bond motifs is 1. The summed E-state index contributed by atoms with van der Waals surface area (Å²) in [6, 6.07) is 8.16. The summed E-state index contributed by atoms with van der Waals surface area (Å²) in [6.45, 7) is 0. The summed E-state index contributed by atoms with van der Waals surface area (Å²) >= 11 is 0. The summed E-state index contributed by atoms with van der Waals surface area (Å²) in [5.41, 5.74) is 4.47. The molecule has 0 saturated heterocycles. The fraction of sp³-hybridized carbons (Fsp3) is 0.550. The van der Waals surface area contributed by atoms with Crippen LogP contribution in [0.5, 0.6) is 0 Å². The lowest BCUT2D eigenvalue weighted by molar-refractivity contribution is 0.555. The van der Waals surface area contributed by atoms with Gasteiger partial charge in [-0.05, 0) is 25.7 Å². The number of nitrogens with zero attached hydrogens (tertiary/aromatic N) is 3. The molecule has 1 fully saturated rings. The van der Waals surface area contributed by atoms with E-state index in [0.29, 0.717) is 0 Å². The van der Waals surface area contributed by atoms with Gasteiger partial charge in [-0.3, -0.25) is 5.43 Å². The number of aromatic nitrogens is 2. The van der Waals surface area contributed by atoms with Gasteiger partial charge in [0.1, 0.15) is 0 Å². The summed E-state index contributed by atoms with van der Waals surface area (Å²) in [5, 5.41) is 15.2. The molecule has 128 valence electrons. The van der Waals surface area contributed by atoms with Crippen LogP contribution in [-0.4, -0.2) is 15.9 Å². The van der Waals surface area contributed by atoms with Crippen LogP contribution < -0.4 is 5.43 Å². The van der Waals surface area contributed by atoms with Crippen molar-refractivity contribution in [2.24, 2.45) is 5.10 Å². The molecule has 1 saturated carbocycles. The van der Waals surface area contributed by atoms with Crippen LogP contribution >= 0.6 is 0 Å². The molecule has 2 aromatic rings. The minimum absolute atomic E-state index is 0.756. The molecule has 0 bridgehead atoms. The number of hydrogen-bond acceptors (Lipinski definition) is 4. The maximum absolute atomic E-state index is 4.70. The second-order valence-electron chi connectivity index (χ2n) is 6.75. The fourth-order valence-corrected chi connectivity index (χ4v) is 3.37. The van der Waals surface area contributed by atoms with Crippen molar-refractivity contribution in [3.05, 3.63) is 30.5 Å². The van der Waals surface area contributed by atoms with E-state index in [-0.39, 0.29) is 0 Å². The van der Waals surface area contributed by atoms with Gasteiger partial charge in [-0.15, -0.1) is 5.10 Å². The SMILES string of the molecule is c1ccc2c(NN=C3CCCCCCCCCCC3)nncc2c1. The van der Waals surface area contributed by atoms with Crippen molar-refractivity contribution in [2.45, 2.75) is 70.6 Å². The zero-order valence-electron chi connectivity index (χ0n) is 14.5. The van der Waals surface area contributed by atoms with E-state index in [0.717, 1.165) is 29.4 Å². The number of hydrazone groups is 1. The molecule has 0 aliphatic heterocycles. The van der Waals surface area contributed by atoms with E-state index in [9.17, 15) is 0 Å². The smallest absolute Gasteiger partial charge is 0.176 e. The first-order valence-corrected chi connectivity index (χ1v) is 9.45. The predicted molar refractivity (Wildman–Crippen MR) is 101 cm³/mol. The van der Waals surface area contributed by atoms with Crippen molar-refractivity contribution in [1.82, 2.24) is 10.2 Å². The molecule has 0 spiro atoms. The third-order valence-corrected chi connectivity index (χ3v) is 4.82. The minimum Gasteiger partial charge on any atom is -0.259 e. The van der Waals surface area contributed by atoms with E-state index >= 15 is 0 Å². The lowest BCUT2D eigenvalue weighted by Gasteiger charge is -2.10. The Morgan fingerprint density at radius 1 is 0.792 bits per heavy atom. The number of nitrogens with one attached hydrogen (secondary N) is 1. The fourth-order valence-electron chi connectivity index (χ4n) is 3.37. The molecular formula is C20H28N4. The van der Waals surface area contributed by atoms with Crippen LogP contribution in [0.25, 0.3) is 10.8 Å². The summed E-state index contributed by atoms with van der Waals surface area (Å²) < 4.78 is 0. The molecule has 0 atom stereocenters. The van der Waals surface area contributed by atoms with Gasteiger partial charge in [0, 0.05) is 16.5 Å². The zero-order valence-corrected chi connectivity index (χ0v) is 14.5. The van der Waals surface area contributed by atoms with Crippen LogP contribution in [0.2, 0.25) is 0 Å². The Hall–Kier alpha value is -1.97. The van der Waals surface area contributed by atoms with Crippen LogP contribution in [0.4, 0.5) is 5.82 Å². The van der Waals surface area contributed by atoms with E-state index in [1.165, 1.54) is 63.5 Å². The van der Waals surface area contributed by atoms with Crippen LogP contribution in [0, 0.1) is 0 Å². The normalized spacial score (nSPS) is 17.8. The molecule has 1 aromatic carbocycles. The Morgan fingerprint density at radius 2 is 1.42 bits per heavy atom. The first kappa shape index (κ1) is 16.9. The second-order valence-corrected chi connectivity index (χ2v) is 6.75. The van der Waals surface area contributed by atoms with E-state index in [4.69, 9.17) is 5.10 Å². The van der Waals surface area contributed by atoms with E-state index in [1.54, 1.807) is 6.20 Å². The van der Waals surface area contributed by atoms with Gasteiger partial charge in [0.05, 0.1) is 6.20 Å². The lowest BCUT2D eigenvalue weighted by atomic mass is 10.00. The monoisotopic (exact) mass is 324 g/mol. The van der Waals surface area contributed by atoms with Crippen molar-refractivity contribution < 1.29 is 0 Å². The highest BCUT2D eigenvalue weighted by atomic mass is 15.3. The van der Waals surface area contributed by atoms with Crippen molar-refractivity contribution in [2.75, 3.05) is 5.43 Å². The quantitative estimate of drug-likeness (QED) is 0.721. The van der Waals surface area contributed by atoms with E-state index < -0.39 is 0 Å². The summed E-state index contributed by atoms with van der Waals surface area (Å²) in [7, 11) is 0. The van der Waals surface area contributed by atoms with Crippen LogP contribution in [-0.2, 0) is 0 Å². The third kappa shape index (κ3) is 5.02. The number of rotatable bonds is 2. The van der Waals surface area contributed by atoms with E-state index in [1.807, 2.05) is 12.1 Å². The molecule has 1 N–H and O–H groups in total. The zero-order chi connectivity index (χ0) is 16.5. The summed E-state index contributed by atoms with van der Waals surface area (Å²) in [4.78, 5) is 0. The Labute approximate surface area is 144 Å². The van der Waals surface area contributed by atoms with Gasteiger partial charge in [-0.1, -0.05) is 69.2 Å². The molecule has 0 radical (unpaired) electrons. The molecule has 4 heteroatoms. The first-order valence-electron chi connectivity index (χ1n) is 9.45. The van der Waals surface area contributed by atoms with E-state index in [2.05, 4.69) is 27.8 Å². The van der Waals surface area contributed by atoms with Gasteiger partial charge in [0.25, 0.3) is 0 Å². The second kappa shape index (κ2) is 9.36. The van der Waals surface area contributed by atoms with Crippen LogP contribution in [0.1, 0.15) is 70.6 Å². The molecule has 0 unspecified atom stereocenters. The molecule has 0 amide bonds. The number of hydrogen-bond donors (Lipinski definition) is 1. The maximum Gasteiger partial charge on any atom is 0.176 e. The Bertz CT molecular complexity index is 646. The molecule has 1 heterocycles. The highest BCUT2D eigenvalue weighted by Crippen LogP contribution is 2.20. The van der Waals surface area contributed by atoms with Crippen molar-refractivity contribution in [3.8, 4) is 0 Å². The highest BCUT2D eigenvalue weighted by molar-refractivity contribution is 5.92. The molecule has 4 nitrogen and oxygen atoms in total. The lowest BCUT2D eigenvalue weighted by Crippen LogP contribution is -2.05. The van der Waals surface area contributed by atoms with Gasteiger partial charge in [0.2, 0.25) is 0 Å². The average Bonchev–Trinajstić information content (AvgIpc) is 2.61. The highest BCUT2D eigenvalue weighted by Gasteiger charge is 2.05. The van der Waals surface area contributed by atoms with Gasteiger partial charge in [-0.25, -0.2) is 0 Å². The minimum atomic E-state index is 0.756. The van der Waals surface area contributed by atoms with Gasteiger partial charge in [0.15, 0.2) is 5.82 Å². The molecule has 1 aromatic heterocycles. The molecule has 1 aliphatic carbocycles. The Balaban J connectivity index is 1.67. The molecule has 1 aliphatic rings. The van der Waals surface area contributed by atoms with Crippen LogP contribution in [0.3, 0.4) is 0 Å². The summed E-state index contributed by atoms with van der Waals surface area (Å²) in [6.07, 6.45) is 16.1. The Kier molecular flexibility index (Phi) is 6.58. The van der Waals surface area contributed by atoms with Gasteiger partial charge in [-0.2, -0.15) is 10.2 Å². The number of anilines is 1. The third-order valence-electron chi connectivity index (χ3n) is 4.82. The first-order chi connectivity index (χ1) is 11.9. The Morgan fingerprint density at radius 3 is 2.12 bits per heavy atom. The number of benzene rings is 1. The van der Waals surface area contributed by atoms with Crippen LogP contribution in [0.15, 0.2) is 35.6 Å². The van der Waals surface area contributed by atoms with Gasteiger partial charge >= 0.3 is 0 Å². The predicted octanol–water partition coefficient (Wildman–Crippen LogP) is 5.70. The average molecular weight is 324 g/mol. The van der Waals surface area contributed by atoms with Crippen molar-refractivity contribution in [1.29, 1.82) is 0 Å². The van der Waals surface area contributed by atoms with Crippen molar-refractivity contribution >= 4 is 22.3 Å². The topological polar surface area (TPSA) is 50.2 Å². The standard InChI is InChI=1S/C20H28N4/c1-2-4-6-8-13-18(14-9-7-5-3-1)22-24-20-19-15-11-10-12-17(19)16-21-23-20/h10-12,15-16H,1-9,13-14H2,(H,23,24). The molecular weight excluding hydrogens is 296 g/mol. The van der Waals surface area contributed by atoms with Crippen molar-refractivity contribution in [3.63, 3.8) is 0 Å².